The molecule has 0 bridgehead atoms. The molecule has 0 aromatic heterocycles. The molecule has 0 aromatic carbocycles. The summed E-state index contributed by atoms with van der Waals surface area (Å²) in [4.78, 5) is 11.2. The molecule has 2 fully saturated rings. The number of ether oxygens (including phenoxy) is 2. The van der Waals surface area contributed by atoms with Crippen molar-refractivity contribution in [2.45, 2.75) is 31.7 Å². The van der Waals surface area contributed by atoms with Crippen LogP contribution in [0.15, 0.2) is 0 Å². The first-order valence-electron chi connectivity index (χ1n) is 5.62. The first-order chi connectivity index (χ1) is 7.24. The van der Waals surface area contributed by atoms with E-state index in [2.05, 4.69) is 10.1 Å². The van der Waals surface area contributed by atoms with E-state index in [1.165, 1.54) is 7.11 Å². The van der Waals surface area contributed by atoms with Crippen LogP contribution in [0.1, 0.15) is 25.7 Å². The Bertz CT molecular complexity index is 236. The second kappa shape index (κ2) is 4.49. The third-order valence-electron chi connectivity index (χ3n) is 3.64. The molecule has 2 heterocycles. The summed E-state index contributed by atoms with van der Waals surface area (Å²) < 4.78 is 10.1. The number of hydrogen-bond donors (Lipinski definition) is 1. The number of rotatable bonds is 2. The van der Waals surface area contributed by atoms with E-state index in [4.69, 9.17) is 4.74 Å². The molecule has 4 nitrogen and oxygen atoms in total. The molecule has 2 aliphatic heterocycles. The maximum Gasteiger partial charge on any atom is 0.307 e. The average Bonchev–Trinajstić information content (AvgIpc) is 2.62. The van der Waals surface area contributed by atoms with Crippen LogP contribution in [-0.2, 0) is 14.3 Å². The highest BCUT2D eigenvalue weighted by Crippen LogP contribution is 2.39. The Morgan fingerprint density at radius 2 is 2.27 bits per heavy atom. The number of hydrogen-bond acceptors (Lipinski definition) is 4. The van der Waals surface area contributed by atoms with Gasteiger partial charge >= 0.3 is 5.97 Å². The van der Waals surface area contributed by atoms with E-state index in [9.17, 15) is 4.79 Å². The minimum Gasteiger partial charge on any atom is -0.469 e. The molecule has 1 unspecified atom stereocenters. The zero-order chi connectivity index (χ0) is 10.7. The predicted molar refractivity (Wildman–Crippen MR) is 55.5 cm³/mol. The van der Waals surface area contributed by atoms with Gasteiger partial charge in [-0.25, -0.2) is 0 Å². The van der Waals surface area contributed by atoms with Crippen molar-refractivity contribution in [3.8, 4) is 0 Å². The summed E-state index contributed by atoms with van der Waals surface area (Å²) in [6.07, 6.45) is 3.83. The Hall–Kier alpha value is -0.610. The molecule has 2 saturated heterocycles. The molecule has 0 saturated carbocycles. The maximum atomic E-state index is 11.2. The Kier molecular flexibility index (Phi) is 3.26. The van der Waals surface area contributed by atoms with Gasteiger partial charge in [0.05, 0.1) is 13.5 Å². The molecule has 1 spiro atoms. The summed E-state index contributed by atoms with van der Waals surface area (Å²) >= 11 is 0. The molecule has 4 heteroatoms. The third-order valence-corrected chi connectivity index (χ3v) is 3.64. The van der Waals surface area contributed by atoms with Gasteiger partial charge < -0.3 is 14.8 Å². The van der Waals surface area contributed by atoms with E-state index >= 15 is 0 Å². The van der Waals surface area contributed by atoms with E-state index in [1.807, 2.05) is 0 Å². The van der Waals surface area contributed by atoms with Crippen LogP contribution in [0.5, 0.6) is 0 Å². The van der Waals surface area contributed by atoms with Crippen molar-refractivity contribution in [2.75, 3.05) is 26.9 Å². The number of carbonyl (C=O) groups excluding carboxylic acids is 1. The highest BCUT2D eigenvalue weighted by Gasteiger charge is 2.40. The van der Waals surface area contributed by atoms with E-state index in [1.54, 1.807) is 0 Å². The largest absolute Gasteiger partial charge is 0.469 e. The number of nitrogens with one attached hydrogen (secondary N) is 1. The molecule has 0 aliphatic carbocycles. The fourth-order valence-electron chi connectivity index (χ4n) is 2.64. The van der Waals surface area contributed by atoms with Gasteiger partial charge in [0, 0.05) is 25.8 Å². The van der Waals surface area contributed by atoms with Crippen molar-refractivity contribution < 1.29 is 14.3 Å². The van der Waals surface area contributed by atoms with Crippen molar-refractivity contribution in [3.05, 3.63) is 0 Å². The van der Waals surface area contributed by atoms with Crippen LogP contribution in [0, 0.1) is 5.41 Å². The SMILES string of the molecule is COC(=O)CC1CC2(CCOCC2)CN1. The molecule has 1 N–H and O–H groups in total. The Morgan fingerprint density at radius 3 is 2.93 bits per heavy atom. The zero-order valence-electron chi connectivity index (χ0n) is 9.25. The van der Waals surface area contributed by atoms with Crippen LogP contribution < -0.4 is 5.32 Å². The smallest absolute Gasteiger partial charge is 0.307 e. The maximum absolute atomic E-state index is 11.2. The first kappa shape index (κ1) is 10.9. The molecule has 0 aromatic rings. The Morgan fingerprint density at radius 1 is 1.53 bits per heavy atom. The fourth-order valence-corrected chi connectivity index (χ4v) is 2.64. The topological polar surface area (TPSA) is 47.6 Å². The summed E-state index contributed by atoms with van der Waals surface area (Å²) in [6.45, 7) is 2.76. The van der Waals surface area contributed by atoms with Crippen molar-refractivity contribution in [1.82, 2.24) is 5.32 Å². The van der Waals surface area contributed by atoms with Crippen LogP contribution in [-0.4, -0.2) is 38.9 Å². The lowest BCUT2D eigenvalue weighted by molar-refractivity contribution is -0.141. The molecule has 2 aliphatic rings. The van der Waals surface area contributed by atoms with E-state index in [0.717, 1.165) is 39.0 Å². The molecule has 0 amide bonds. The number of esters is 1. The average molecular weight is 213 g/mol. The van der Waals surface area contributed by atoms with E-state index in [-0.39, 0.29) is 5.97 Å². The van der Waals surface area contributed by atoms with Crippen LogP contribution >= 0.6 is 0 Å². The second-order valence-corrected chi connectivity index (χ2v) is 4.67. The van der Waals surface area contributed by atoms with Gasteiger partial charge in [-0.05, 0) is 24.7 Å². The third kappa shape index (κ3) is 2.49. The first-order valence-corrected chi connectivity index (χ1v) is 5.62. The van der Waals surface area contributed by atoms with Gasteiger partial charge in [0.2, 0.25) is 0 Å². The van der Waals surface area contributed by atoms with Crippen LogP contribution in [0.2, 0.25) is 0 Å². The second-order valence-electron chi connectivity index (χ2n) is 4.67. The molecule has 0 radical (unpaired) electrons. The van der Waals surface area contributed by atoms with E-state index in [0.29, 0.717) is 17.9 Å². The van der Waals surface area contributed by atoms with Crippen LogP contribution in [0.3, 0.4) is 0 Å². The minimum atomic E-state index is -0.114. The predicted octanol–water partition coefficient (Wildman–Crippen LogP) is 0.708. The van der Waals surface area contributed by atoms with Crippen molar-refractivity contribution in [3.63, 3.8) is 0 Å². The van der Waals surface area contributed by atoms with Crippen molar-refractivity contribution in [1.29, 1.82) is 0 Å². The lowest BCUT2D eigenvalue weighted by Gasteiger charge is -2.32. The lowest BCUT2D eigenvalue weighted by Crippen LogP contribution is -2.31. The fraction of sp³-hybridized carbons (Fsp3) is 0.909. The molecular weight excluding hydrogens is 194 g/mol. The highest BCUT2D eigenvalue weighted by molar-refractivity contribution is 5.70. The summed E-state index contributed by atoms with van der Waals surface area (Å²) in [7, 11) is 1.45. The molecule has 2 rings (SSSR count). The zero-order valence-corrected chi connectivity index (χ0v) is 9.25. The van der Waals surface area contributed by atoms with Crippen molar-refractivity contribution in [2.24, 2.45) is 5.41 Å². The van der Waals surface area contributed by atoms with Gasteiger partial charge in [-0.3, -0.25) is 4.79 Å². The lowest BCUT2D eigenvalue weighted by atomic mass is 9.78. The van der Waals surface area contributed by atoms with Gasteiger partial charge in [-0.15, -0.1) is 0 Å². The number of methoxy groups -OCH3 is 1. The van der Waals surface area contributed by atoms with E-state index < -0.39 is 0 Å². The summed E-state index contributed by atoms with van der Waals surface area (Å²) in [6, 6.07) is 0.301. The molecule has 86 valence electrons. The molecular formula is C11H19NO3. The van der Waals surface area contributed by atoms with Crippen LogP contribution in [0.25, 0.3) is 0 Å². The van der Waals surface area contributed by atoms with Gasteiger partial charge in [0.25, 0.3) is 0 Å². The molecule has 1 atom stereocenters. The normalized spacial score (nSPS) is 29.3. The monoisotopic (exact) mass is 213 g/mol. The molecule has 15 heavy (non-hydrogen) atoms. The van der Waals surface area contributed by atoms with Gasteiger partial charge in [-0.1, -0.05) is 0 Å². The number of carbonyl (C=O) groups is 1. The van der Waals surface area contributed by atoms with Gasteiger partial charge in [-0.2, -0.15) is 0 Å². The van der Waals surface area contributed by atoms with Gasteiger partial charge in [0.1, 0.15) is 0 Å². The summed E-state index contributed by atoms with van der Waals surface area (Å²) in [5, 5.41) is 3.43. The Balaban J connectivity index is 1.85. The summed E-state index contributed by atoms with van der Waals surface area (Å²) in [5.74, 6) is -0.114. The summed E-state index contributed by atoms with van der Waals surface area (Å²) in [5.41, 5.74) is 0.386. The van der Waals surface area contributed by atoms with Crippen LogP contribution in [0.4, 0.5) is 0 Å². The van der Waals surface area contributed by atoms with Gasteiger partial charge in [0.15, 0.2) is 0 Å². The van der Waals surface area contributed by atoms with Crippen molar-refractivity contribution >= 4 is 5.97 Å². The standard InChI is InChI=1S/C11H19NO3/c1-14-10(13)6-9-7-11(8-12-9)2-4-15-5-3-11/h9,12H,2-8H2,1H3. The quantitative estimate of drug-likeness (QED) is 0.686. The Labute approximate surface area is 90.3 Å². The minimum absolute atomic E-state index is 0.114. The highest BCUT2D eigenvalue weighted by atomic mass is 16.5.